The van der Waals surface area contributed by atoms with Crippen LogP contribution in [-0.4, -0.2) is 23.3 Å². The Hall–Kier alpha value is -3.29. The number of nitrogens with one attached hydrogen (secondary N) is 2. The molecular weight excluding hydrogens is 383 g/mol. The molecule has 0 radical (unpaired) electrons. The van der Waals surface area contributed by atoms with Crippen molar-refractivity contribution in [3.8, 4) is 11.3 Å². The molecule has 0 atom stereocenters. The van der Waals surface area contributed by atoms with Gasteiger partial charge >= 0.3 is 0 Å². The molecule has 8 heteroatoms. The molecule has 0 unspecified atom stereocenters. The van der Waals surface area contributed by atoms with E-state index in [0.717, 1.165) is 6.07 Å². The summed E-state index contributed by atoms with van der Waals surface area (Å²) in [6.45, 7) is -0.232. The first-order valence-electron chi connectivity index (χ1n) is 9.16. The van der Waals surface area contributed by atoms with Gasteiger partial charge in [0, 0.05) is 17.4 Å². The molecule has 1 saturated carbocycles. The Bertz CT molecular complexity index is 1100. The van der Waals surface area contributed by atoms with Gasteiger partial charge in [0.2, 0.25) is 11.8 Å². The molecule has 29 heavy (non-hydrogen) atoms. The number of carbonyl (C=O) groups is 2. The van der Waals surface area contributed by atoms with Gasteiger partial charge in [-0.05, 0) is 60.2 Å². The molecule has 1 heterocycles. The number of halogens is 3. The summed E-state index contributed by atoms with van der Waals surface area (Å²) in [7, 11) is 0. The van der Waals surface area contributed by atoms with Crippen molar-refractivity contribution in [2.24, 2.45) is 11.7 Å². The van der Waals surface area contributed by atoms with Gasteiger partial charge in [0.05, 0.1) is 17.8 Å². The minimum Gasteiger partial charge on any atom is -0.368 e. The van der Waals surface area contributed by atoms with Crippen LogP contribution in [0.3, 0.4) is 0 Å². The van der Waals surface area contributed by atoms with Gasteiger partial charge < -0.3 is 16.0 Å². The molecule has 0 bridgehead atoms. The number of aromatic amines is 1. The number of H-pyrrole nitrogens is 1. The number of rotatable bonds is 5. The Kier molecular flexibility index (Phi) is 4.77. The normalized spacial score (nSPS) is 18.4. The number of benzene rings is 2. The lowest BCUT2D eigenvalue weighted by molar-refractivity contribution is -0.130. The molecule has 0 saturated heterocycles. The molecule has 1 aliphatic rings. The number of nitrogens with two attached hydrogens (primary N) is 1. The average molecular weight is 401 g/mol. The predicted octanol–water partition coefficient (Wildman–Crippen LogP) is 3.35. The van der Waals surface area contributed by atoms with Crippen molar-refractivity contribution < 1.29 is 22.8 Å². The van der Waals surface area contributed by atoms with Crippen molar-refractivity contribution in [2.75, 3.05) is 6.54 Å². The highest BCUT2D eigenvalue weighted by molar-refractivity contribution is 5.93. The van der Waals surface area contributed by atoms with Crippen LogP contribution in [0.2, 0.25) is 0 Å². The quantitative estimate of drug-likeness (QED) is 0.612. The molecule has 3 aromatic rings. The standard InChI is InChI=1S/C21H18F3N3O2/c22-13-3-1-10(2-4-13)19-18(15-7-14(23)8-16(24)20(15)27-19)11-5-12(6-11)21(29)26-9-17(25)28/h1-4,7-8,11-12,27H,5-6,9H2,(H2,25,28)(H,26,29). The van der Waals surface area contributed by atoms with E-state index in [2.05, 4.69) is 10.3 Å². The predicted molar refractivity (Wildman–Crippen MR) is 101 cm³/mol. The number of fused-ring (bicyclic) bond motifs is 1. The first-order valence-corrected chi connectivity index (χ1v) is 9.16. The van der Waals surface area contributed by atoms with Crippen LogP contribution in [0, 0.1) is 23.4 Å². The van der Waals surface area contributed by atoms with Gasteiger partial charge in [-0.3, -0.25) is 9.59 Å². The highest BCUT2D eigenvalue weighted by Gasteiger charge is 2.38. The van der Waals surface area contributed by atoms with Crippen molar-refractivity contribution in [3.63, 3.8) is 0 Å². The SMILES string of the molecule is NC(=O)CNC(=O)C1CC(c2c(-c3ccc(F)cc3)[nH]c3c(F)cc(F)cc23)C1. The highest BCUT2D eigenvalue weighted by atomic mass is 19.1. The monoisotopic (exact) mass is 401 g/mol. The smallest absolute Gasteiger partial charge is 0.236 e. The average Bonchev–Trinajstić information content (AvgIpc) is 2.99. The first-order chi connectivity index (χ1) is 13.8. The lowest BCUT2D eigenvalue weighted by Gasteiger charge is -2.35. The molecule has 1 aliphatic carbocycles. The molecule has 1 aromatic heterocycles. The van der Waals surface area contributed by atoms with Crippen LogP contribution in [0.15, 0.2) is 36.4 Å². The van der Waals surface area contributed by atoms with Crippen molar-refractivity contribution in [1.82, 2.24) is 10.3 Å². The number of aromatic nitrogens is 1. The second-order valence-electron chi connectivity index (χ2n) is 7.28. The van der Waals surface area contributed by atoms with Crippen LogP contribution >= 0.6 is 0 Å². The number of carbonyl (C=O) groups excluding carboxylic acids is 2. The fourth-order valence-corrected chi connectivity index (χ4v) is 3.89. The van der Waals surface area contributed by atoms with E-state index in [9.17, 15) is 22.8 Å². The molecule has 0 spiro atoms. The van der Waals surface area contributed by atoms with E-state index in [-0.39, 0.29) is 29.8 Å². The fraction of sp³-hybridized carbons (Fsp3) is 0.238. The van der Waals surface area contributed by atoms with Crippen LogP contribution in [0.4, 0.5) is 13.2 Å². The summed E-state index contributed by atoms with van der Waals surface area (Å²) in [4.78, 5) is 25.9. The van der Waals surface area contributed by atoms with Gasteiger partial charge in [-0.1, -0.05) is 0 Å². The summed E-state index contributed by atoms with van der Waals surface area (Å²) in [5.41, 5.74) is 7.11. The summed E-state index contributed by atoms with van der Waals surface area (Å²) in [5, 5.41) is 2.88. The van der Waals surface area contributed by atoms with Gasteiger partial charge in [-0.2, -0.15) is 0 Å². The van der Waals surface area contributed by atoms with Crippen molar-refractivity contribution in [2.45, 2.75) is 18.8 Å². The number of primary amides is 1. The molecule has 1 fully saturated rings. The molecule has 2 amide bonds. The van der Waals surface area contributed by atoms with Gasteiger partial charge in [0.1, 0.15) is 17.5 Å². The summed E-state index contributed by atoms with van der Waals surface area (Å²) in [5.74, 6) is -3.16. The Morgan fingerprint density at radius 2 is 1.76 bits per heavy atom. The molecule has 150 valence electrons. The van der Waals surface area contributed by atoms with Crippen LogP contribution in [-0.2, 0) is 9.59 Å². The van der Waals surface area contributed by atoms with Crippen molar-refractivity contribution in [3.05, 3.63) is 59.4 Å². The molecule has 0 aliphatic heterocycles. The Morgan fingerprint density at radius 3 is 2.41 bits per heavy atom. The molecule has 2 aromatic carbocycles. The Balaban J connectivity index is 1.70. The van der Waals surface area contributed by atoms with E-state index >= 15 is 0 Å². The molecule has 5 nitrogen and oxygen atoms in total. The van der Waals surface area contributed by atoms with Gasteiger partial charge in [-0.25, -0.2) is 13.2 Å². The minimum absolute atomic E-state index is 0.116. The number of hydrogen-bond donors (Lipinski definition) is 3. The lowest BCUT2D eigenvalue weighted by atomic mass is 9.70. The zero-order valence-electron chi connectivity index (χ0n) is 15.3. The van der Waals surface area contributed by atoms with E-state index in [4.69, 9.17) is 5.73 Å². The Labute approximate surface area is 164 Å². The third kappa shape index (κ3) is 3.57. The maximum absolute atomic E-state index is 14.3. The van der Waals surface area contributed by atoms with Gasteiger partial charge in [-0.15, -0.1) is 0 Å². The van der Waals surface area contributed by atoms with Crippen LogP contribution in [0.5, 0.6) is 0 Å². The molecule has 4 rings (SSSR count). The topological polar surface area (TPSA) is 88.0 Å². The first kappa shape index (κ1) is 19.0. The van der Waals surface area contributed by atoms with Crippen LogP contribution in [0.25, 0.3) is 22.2 Å². The van der Waals surface area contributed by atoms with E-state index in [1.807, 2.05) is 0 Å². The van der Waals surface area contributed by atoms with E-state index in [1.165, 1.54) is 18.2 Å². The van der Waals surface area contributed by atoms with Crippen molar-refractivity contribution in [1.29, 1.82) is 0 Å². The van der Waals surface area contributed by atoms with E-state index < -0.39 is 23.4 Å². The third-order valence-electron chi connectivity index (χ3n) is 5.35. The zero-order chi connectivity index (χ0) is 20.7. The molecular formula is C21H18F3N3O2. The maximum Gasteiger partial charge on any atom is 0.236 e. The zero-order valence-corrected chi connectivity index (χ0v) is 15.3. The summed E-state index contributed by atoms with van der Waals surface area (Å²) < 4.78 is 41.6. The Morgan fingerprint density at radius 1 is 1.07 bits per heavy atom. The van der Waals surface area contributed by atoms with E-state index in [1.54, 1.807) is 12.1 Å². The van der Waals surface area contributed by atoms with E-state index in [0.29, 0.717) is 35.0 Å². The minimum atomic E-state index is -0.718. The fourth-order valence-electron chi connectivity index (χ4n) is 3.89. The number of amides is 2. The summed E-state index contributed by atoms with van der Waals surface area (Å²) in [6.07, 6.45) is 0.924. The number of hydrogen-bond acceptors (Lipinski definition) is 2. The largest absolute Gasteiger partial charge is 0.368 e. The second kappa shape index (κ2) is 7.27. The molecule has 4 N–H and O–H groups in total. The van der Waals surface area contributed by atoms with Crippen molar-refractivity contribution >= 4 is 22.7 Å². The highest BCUT2D eigenvalue weighted by Crippen LogP contribution is 2.48. The third-order valence-corrected chi connectivity index (χ3v) is 5.35. The van der Waals surface area contributed by atoms with Crippen LogP contribution < -0.4 is 11.1 Å². The second-order valence-corrected chi connectivity index (χ2v) is 7.28. The lowest BCUT2D eigenvalue weighted by Crippen LogP contribution is -2.41. The summed E-state index contributed by atoms with van der Waals surface area (Å²) in [6, 6.07) is 7.78. The van der Waals surface area contributed by atoms with Crippen LogP contribution in [0.1, 0.15) is 24.3 Å². The van der Waals surface area contributed by atoms with Gasteiger partial charge in [0.15, 0.2) is 0 Å². The van der Waals surface area contributed by atoms with Gasteiger partial charge in [0.25, 0.3) is 0 Å². The maximum atomic E-state index is 14.3. The summed E-state index contributed by atoms with van der Waals surface area (Å²) >= 11 is 0.